The smallest absolute Gasteiger partial charge is 0.408 e. The molecule has 1 heterocycles. The molecule has 0 unspecified atom stereocenters. The lowest BCUT2D eigenvalue weighted by Crippen LogP contribution is -2.44. The number of hydrogen-bond acceptors (Lipinski definition) is 4. The molecule has 90 valence electrons. The summed E-state index contributed by atoms with van der Waals surface area (Å²) in [6, 6.07) is -1.67. The number of aliphatic carboxylic acids is 1. The molecule has 1 fully saturated rings. The second-order valence-electron chi connectivity index (χ2n) is 3.56. The molecular formula is C9H13NO6. The fourth-order valence-electron chi connectivity index (χ4n) is 1.89. The SMILES string of the molecule is COC(=O)C[C@@H]1CC[C@@H](C(=O)O)N1C(=O)O. The van der Waals surface area contributed by atoms with Crippen LogP contribution in [0.15, 0.2) is 0 Å². The van der Waals surface area contributed by atoms with Crippen LogP contribution in [0.1, 0.15) is 19.3 Å². The second-order valence-corrected chi connectivity index (χ2v) is 3.56. The first-order valence-corrected chi connectivity index (χ1v) is 4.78. The van der Waals surface area contributed by atoms with Gasteiger partial charge in [-0.15, -0.1) is 0 Å². The van der Waals surface area contributed by atoms with E-state index < -0.39 is 30.1 Å². The Morgan fingerprint density at radius 1 is 1.31 bits per heavy atom. The lowest BCUT2D eigenvalue weighted by molar-refractivity contribution is -0.145. The maximum atomic E-state index is 11.0. The van der Waals surface area contributed by atoms with E-state index in [1.54, 1.807) is 0 Å². The van der Waals surface area contributed by atoms with Crippen molar-refractivity contribution in [1.82, 2.24) is 4.90 Å². The minimum absolute atomic E-state index is 0.105. The van der Waals surface area contributed by atoms with Crippen LogP contribution in [0.25, 0.3) is 0 Å². The zero-order valence-corrected chi connectivity index (χ0v) is 8.75. The number of ether oxygens (including phenoxy) is 1. The fourth-order valence-corrected chi connectivity index (χ4v) is 1.89. The van der Waals surface area contributed by atoms with Gasteiger partial charge >= 0.3 is 18.0 Å². The van der Waals surface area contributed by atoms with E-state index >= 15 is 0 Å². The van der Waals surface area contributed by atoms with E-state index in [1.165, 1.54) is 7.11 Å². The Morgan fingerprint density at radius 2 is 1.94 bits per heavy atom. The molecule has 0 aliphatic carbocycles. The highest BCUT2D eigenvalue weighted by Gasteiger charge is 2.41. The van der Waals surface area contributed by atoms with Crippen LogP contribution in [0.4, 0.5) is 4.79 Å². The average molecular weight is 231 g/mol. The monoisotopic (exact) mass is 231 g/mol. The number of likely N-dealkylation sites (tertiary alicyclic amines) is 1. The molecule has 7 heteroatoms. The average Bonchev–Trinajstić information content (AvgIpc) is 2.61. The normalized spacial score (nSPS) is 24.2. The van der Waals surface area contributed by atoms with Crippen molar-refractivity contribution in [3.05, 3.63) is 0 Å². The lowest BCUT2D eigenvalue weighted by Gasteiger charge is -2.24. The van der Waals surface area contributed by atoms with Crippen LogP contribution >= 0.6 is 0 Å². The topological polar surface area (TPSA) is 104 Å². The Balaban J connectivity index is 2.76. The van der Waals surface area contributed by atoms with Crippen LogP contribution in [-0.2, 0) is 14.3 Å². The molecular weight excluding hydrogens is 218 g/mol. The summed E-state index contributed by atoms with van der Waals surface area (Å²) in [6.45, 7) is 0. The highest BCUT2D eigenvalue weighted by atomic mass is 16.5. The first kappa shape index (κ1) is 12.3. The summed E-state index contributed by atoms with van der Waals surface area (Å²) < 4.78 is 4.43. The predicted molar refractivity (Wildman–Crippen MR) is 50.9 cm³/mol. The first-order chi connectivity index (χ1) is 7.47. The quantitative estimate of drug-likeness (QED) is 0.670. The van der Waals surface area contributed by atoms with Crippen molar-refractivity contribution in [2.75, 3.05) is 7.11 Å². The molecule has 0 bridgehead atoms. The minimum atomic E-state index is -1.32. The second kappa shape index (κ2) is 4.82. The van der Waals surface area contributed by atoms with E-state index in [-0.39, 0.29) is 12.8 Å². The Morgan fingerprint density at radius 3 is 2.38 bits per heavy atom. The minimum Gasteiger partial charge on any atom is -0.480 e. The molecule has 2 N–H and O–H groups in total. The van der Waals surface area contributed by atoms with Crippen molar-refractivity contribution < 1.29 is 29.3 Å². The molecule has 1 rings (SSSR count). The lowest BCUT2D eigenvalue weighted by atomic mass is 10.1. The summed E-state index contributed by atoms with van der Waals surface area (Å²) in [6.07, 6.45) is -0.840. The number of amides is 1. The van der Waals surface area contributed by atoms with E-state index in [2.05, 4.69) is 4.74 Å². The molecule has 0 aromatic heterocycles. The maximum Gasteiger partial charge on any atom is 0.408 e. The van der Waals surface area contributed by atoms with Crippen LogP contribution in [0, 0.1) is 0 Å². The van der Waals surface area contributed by atoms with Gasteiger partial charge in [0.2, 0.25) is 0 Å². The van der Waals surface area contributed by atoms with Gasteiger partial charge in [0, 0.05) is 6.04 Å². The van der Waals surface area contributed by atoms with Crippen molar-refractivity contribution in [1.29, 1.82) is 0 Å². The van der Waals surface area contributed by atoms with Crippen molar-refractivity contribution in [2.24, 2.45) is 0 Å². The van der Waals surface area contributed by atoms with E-state index in [4.69, 9.17) is 10.2 Å². The van der Waals surface area contributed by atoms with E-state index in [9.17, 15) is 14.4 Å². The number of carboxylic acids is 1. The van der Waals surface area contributed by atoms with Gasteiger partial charge in [-0.05, 0) is 12.8 Å². The predicted octanol–water partition coefficient (Wildman–Crippen LogP) is 0.145. The number of methoxy groups -OCH3 is 1. The summed E-state index contributed by atoms with van der Waals surface area (Å²) in [5.41, 5.74) is 0. The van der Waals surface area contributed by atoms with Gasteiger partial charge in [-0.25, -0.2) is 9.59 Å². The molecule has 0 aromatic rings. The molecule has 0 saturated carbocycles. The third-order valence-corrected chi connectivity index (χ3v) is 2.64. The maximum absolute atomic E-state index is 11.0. The van der Waals surface area contributed by atoms with Gasteiger partial charge in [-0.1, -0.05) is 0 Å². The molecule has 1 aliphatic heterocycles. The van der Waals surface area contributed by atoms with E-state index in [0.717, 1.165) is 4.90 Å². The molecule has 2 atom stereocenters. The largest absolute Gasteiger partial charge is 0.480 e. The third-order valence-electron chi connectivity index (χ3n) is 2.64. The highest BCUT2D eigenvalue weighted by molar-refractivity contribution is 5.81. The van der Waals surface area contributed by atoms with Gasteiger partial charge in [0.1, 0.15) is 6.04 Å². The molecule has 1 amide bonds. The number of carbonyl (C=O) groups is 3. The summed E-state index contributed by atoms with van der Waals surface area (Å²) in [5, 5.41) is 17.7. The zero-order chi connectivity index (χ0) is 12.3. The standard InChI is InChI=1S/C9H13NO6/c1-16-7(11)4-5-2-3-6(8(12)13)10(5)9(14)15/h5-6H,2-4H2,1H3,(H,12,13)(H,14,15)/t5-,6-/m0/s1. The van der Waals surface area contributed by atoms with Gasteiger partial charge in [0.15, 0.2) is 0 Å². The number of carboxylic acid groups (broad SMARTS) is 2. The summed E-state index contributed by atoms with van der Waals surface area (Å²) >= 11 is 0. The molecule has 0 radical (unpaired) electrons. The van der Waals surface area contributed by atoms with E-state index in [1.807, 2.05) is 0 Å². The Labute approximate surface area is 91.6 Å². The van der Waals surface area contributed by atoms with Gasteiger partial charge in [-0.3, -0.25) is 9.69 Å². The van der Waals surface area contributed by atoms with Crippen LogP contribution in [0.5, 0.6) is 0 Å². The van der Waals surface area contributed by atoms with Gasteiger partial charge in [-0.2, -0.15) is 0 Å². The van der Waals surface area contributed by atoms with Gasteiger partial charge < -0.3 is 14.9 Å². The molecule has 0 spiro atoms. The van der Waals surface area contributed by atoms with Crippen LogP contribution < -0.4 is 0 Å². The Bertz CT molecular complexity index is 315. The molecule has 7 nitrogen and oxygen atoms in total. The van der Waals surface area contributed by atoms with Crippen LogP contribution in [0.2, 0.25) is 0 Å². The number of esters is 1. The molecule has 1 saturated heterocycles. The number of hydrogen-bond donors (Lipinski definition) is 2. The van der Waals surface area contributed by atoms with Crippen molar-refractivity contribution in [3.63, 3.8) is 0 Å². The number of nitrogens with zero attached hydrogens (tertiary/aromatic N) is 1. The zero-order valence-electron chi connectivity index (χ0n) is 8.75. The molecule has 1 aliphatic rings. The van der Waals surface area contributed by atoms with Gasteiger partial charge in [0.05, 0.1) is 13.5 Å². The summed E-state index contributed by atoms with van der Waals surface area (Å²) in [4.78, 5) is 33.5. The van der Waals surface area contributed by atoms with Gasteiger partial charge in [0.25, 0.3) is 0 Å². The summed E-state index contributed by atoms with van der Waals surface area (Å²) in [5.74, 6) is -1.72. The summed E-state index contributed by atoms with van der Waals surface area (Å²) in [7, 11) is 1.21. The fraction of sp³-hybridized carbons (Fsp3) is 0.667. The third kappa shape index (κ3) is 2.41. The molecule has 0 aromatic carbocycles. The number of rotatable bonds is 3. The first-order valence-electron chi connectivity index (χ1n) is 4.78. The van der Waals surface area contributed by atoms with Crippen molar-refractivity contribution in [3.8, 4) is 0 Å². The van der Waals surface area contributed by atoms with Crippen molar-refractivity contribution in [2.45, 2.75) is 31.3 Å². The van der Waals surface area contributed by atoms with Crippen LogP contribution in [-0.4, -0.2) is 52.3 Å². The highest BCUT2D eigenvalue weighted by Crippen LogP contribution is 2.26. The molecule has 16 heavy (non-hydrogen) atoms. The van der Waals surface area contributed by atoms with Crippen molar-refractivity contribution >= 4 is 18.0 Å². The number of carbonyl (C=O) groups excluding carboxylic acids is 1. The van der Waals surface area contributed by atoms with E-state index in [0.29, 0.717) is 6.42 Å². The Kier molecular flexibility index (Phi) is 3.70. The Hall–Kier alpha value is -1.79. The van der Waals surface area contributed by atoms with Crippen LogP contribution in [0.3, 0.4) is 0 Å².